The van der Waals surface area contributed by atoms with Crippen LogP contribution < -0.4 is 4.90 Å². The van der Waals surface area contributed by atoms with Crippen LogP contribution in [-0.4, -0.2) is 0 Å². The number of anilines is 3. The van der Waals surface area contributed by atoms with Gasteiger partial charge in [0, 0.05) is 16.5 Å². The van der Waals surface area contributed by atoms with E-state index in [1.807, 2.05) is 0 Å². The fourth-order valence-corrected chi connectivity index (χ4v) is 22.0. The molecule has 1 aliphatic heterocycles. The number of hydrogen-bond donors (Lipinski definition) is 0. The summed E-state index contributed by atoms with van der Waals surface area (Å²) >= 11 is 0. The lowest BCUT2D eigenvalue weighted by Gasteiger charge is -2.45. The first-order valence-electron chi connectivity index (χ1n) is 40.7. The highest BCUT2D eigenvalue weighted by atomic mass is 15.2. The van der Waals surface area contributed by atoms with Gasteiger partial charge in [0.25, 0.3) is 0 Å². The van der Waals surface area contributed by atoms with Crippen molar-refractivity contribution in [2.75, 3.05) is 4.90 Å². The standard InChI is InChI=1S/C31H21N.C25H16.C25H18.C17H16.C15H14/c1-2-12-22(13-3-1)32-29-20-10-8-18-27(29)31(28-19-9-11-21-30(28)32)25-16-6-4-14-23(25)24-15-5-7-17-26(24)31;1-5-13-21-17(9-1)18-10-2-6-14-22(18)25(21)23-15-7-3-11-19(23)20-12-4-8-16-24(20)25;1-3-11-19(12-4-1)25(20-13-5-2-6-14-20)23-17-9-7-15-21(23)22-16-8-10-18-24(22)25;1-3-9-15-13(7-1)14-8-2-4-10-16(14)17(15)11-5-6-12-17;1-15(2)13-9-5-3-7-11(13)12-8-4-6-10-14(12)15/h1-21H;1-16H;1-18H;1-4,7-10H,5-6,11-12H2;3-10H,1-2H3. The van der Waals surface area contributed by atoms with E-state index in [1.54, 1.807) is 11.1 Å². The van der Waals surface area contributed by atoms with Crippen molar-refractivity contribution in [2.45, 2.75) is 66.6 Å². The van der Waals surface area contributed by atoms with E-state index in [2.05, 4.69) is 449 Å². The Hall–Kier alpha value is -13.5. The molecule has 17 aromatic rings. The number of benzene rings is 17. The molecule has 1 heteroatoms. The Morgan fingerprint density at radius 3 is 0.658 bits per heavy atom. The third-order valence-electron chi connectivity index (χ3n) is 26.5. The molecular weight excluding hydrogens is 1370 g/mol. The Kier molecular flexibility index (Phi) is 16.5. The monoisotopic (exact) mass is 1460 g/mol. The Morgan fingerprint density at radius 2 is 0.368 bits per heavy atom. The van der Waals surface area contributed by atoms with Crippen LogP contribution in [0.1, 0.15) is 129 Å². The Bertz CT molecular complexity index is 5960. The smallest absolute Gasteiger partial charge is 0.0754 e. The Labute approximate surface area is 670 Å². The summed E-state index contributed by atoms with van der Waals surface area (Å²) in [4.78, 5) is 2.42. The molecule has 17 aromatic carbocycles. The number of para-hydroxylation sites is 3. The van der Waals surface area contributed by atoms with Crippen molar-refractivity contribution in [2.24, 2.45) is 0 Å². The molecule has 7 aliphatic carbocycles. The predicted octanol–water partition coefficient (Wildman–Crippen LogP) is 28.4. The minimum Gasteiger partial charge on any atom is -0.310 e. The molecule has 114 heavy (non-hydrogen) atoms. The number of nitrogens with zero attached hydrogens (tertiary/aromatic N) is 1. The second-order valence-electron chi connectivity index (χ2n) is 32.1. The van der Waals surface area contributed by atoms with Crippen molar-refractivity contribution < 1.29 is 0 Å². The quantitative estimate of drug-likeness (QED) is 0.170. The minimum atomic E-state index is -0.328. The minimum absolute atomic E-state index is 0.160. The summed E-state index contributed by atoms with van der Waals surface area (Å²) < 4.78 is 0. The van der Waals surface area contributed by atoms with Crippen LogP contribution in [0.5, 0.6) is 0 Å². The SMILES string of the molecule is CC1(C)c2ccccc2-c2ccccc21.c1ccc(C2(c3ccccc3)c3ccccc3-c3ccccc32)cc1.c1ccc(N2c3ccccc3C3(c4ccccc4-c4ccccc43)c3ccccc32)cc1.c1ccc2c(c1)-c1ccccc1C21CCCC1.c1ccc2c(c1)-c1ccccc1C21c2ccccc2-c2ccccc21. The number of hydrogen-bond acceptors (Lipinski definition) is 1. The van der Waals surface area contributed by atoms with Gasteiger partial charge in [-0.3, -0.25) is 0 Å². The van der Waals surface area contributed by atoms with Gasteiger partial charge in [0.1, 0.15) is 0 Å². The number of fused-ring (bicyclic) bond motifs is 30. The van der Waals surface area contributed by atoms with E-state index in [4.69, 9.17) is 0 Å². The third kappa shape index (κ3) is 10.0. The molecule has 0 amide bonds. The summed E-state index contributed by atoms with van der Waals surface area (Å²) in [6.07, 6.45) is 5.42. The van der Waals surface area contributed by atoms with Crippen LogP contribution in [0, 0.1) is 0 Å². The Morgan fingerprint density at radius 1 is 0.175 bits per heavy atom. The topological polar surface area (TPSA) is 3.24 Å². The summed E-state index contributed by atoms with van der Waals surface area (Å²) in [6.45, 7) is 4.61. The average Bonchev–Trinajstić information content (AvgIpc) is 1.52. The molecule has 25 rings (SSSR count). The summed E-state index contributed by atoms with van der Waals surface area (Å²) in [5.41, 5.74) is 42.5. The van der Waals surface area contributed by atoms with E-state index < -0.39 is 0 Å². The van der Waals surface area contributed by atoms with Gasteiger partial charge < -0.3 is 4.90 Å². The fraction of sp³-hybridized carbons (Fsp3) is 0.0973. The van der Waals surface area contributed by atoms with E-state index >= 15 is 0 Å². The highest BCUT2D eigenvalue weighted by molar-refractivity contribution is 5.98. The third-order valence-corrected chi connectivity index (χ3v) is 26.5. The highest BCUT2D eigenvalue weighted by Gasteiger charge is 2.54. The second kappa shape index (κ2) is 27.5. The largest absolute Gasteiger partial charge is 0.310 e. The molecular formula is C113H85N. The molecule has 8 aliphatic rings. The average molecular weight is 1460 g/mol. The van der Waals surface area contributed by atoms with Gasteiger partial charge in [0.05, 0.1) is 27.6 Å². The second-order valence-corrected chi connectivity index (χ2v) is 32.1. The van der Waals surface area contributed by atoms with Gasteiger partial charge in [0.15, 0.2) is 0 Å². The van der Waals surface area contributed by atoms with Gasteiger partial charge in [-0.1, -0.05) is 433 Å². The lowest BCUT2D eigenvalue weighted by molar-refractivity contribution is 0.550. The van der Waals surface area contributed by atoms with Crippen molar-refractivity contribution >= 4 is 17.1 Å². The summed E-state index contributed by atoms with van der Waals surface area (Å²) in [6, 6.07) is 157. The van der Waals surface area contributed by atoms with Crippen LogP contribution in [0.15, 0.2) is 431 Å². The molecule has 1 nitrogen and oxygen atoms in total. The zero-order valence-corrected chi connectivity index (χ0v) is 64.3. The molecule has 0 radical (unpaired) electrons. The van der Waals surface area contributed by atoms with Crippen molar-refractivity contribution in [1.82, 2.24) is 0 Å². The van der Waals surface area contributed by atoms with E-state index in [1.165, 1.54) is 187 Å². The van der Waals surface area contributed by atoms with E-state index in [-0.39, 0.29) is 21.7 Å². The molecule has 0 unspecified atom stereocenters. The normalized spacial score (nSPS) is 15.3. The van der Waals surface area contributed by atoms with Gasteiger partial charge in [-0.15, -0.1) is 0 Å². The van der Waals surface area contributed by atoms with Crippen LogP contribution in [0.4, 0.5) is 17.1 Å². The van der Waals surface area contributed by atoms with Crippen LogP contribution in [0.3, 0.4) is 0 Å². The fourth-order valence-electron chi connectivity index (χ4n) is 22.0. The van der Waals surface area contributed by atoms with Crippen molar-refractivity contribution in [3.8, 4) is 66.8 Å². The lowest BCUT2D eigenvalue weighted by atomic mass is 9.64. The van der Waals surface area contributed by atoms with Gasteiger partial charge in [-0.05, 0) is 193 Å². The summed E-state index contributed by atoms with van der Waals surface area (Å²) in [7, 11) is 0. The Balaban J connectivity index is 0.0000000916. The van der Waals surface area contributed by atoms with Crippen LogP contribution in [0.25, 0.3) is 66.8 Å². The van der Waals surface area contributed by atoms with Gasteiger partial charge in [-0.25, -0.2) is 0 Å². The van der Waals surface area contributed by atoms with Crippen LogP contribution in [-0.2, 0) is 27.1 Å². The first kappa shape index (κ1) is 68.6. The van der Waals surface area contributed by atoms with Crippen LogP contribution in [0.2, 0.25) is 0 Å². The van der Waals surface area contributed by atoms with E-state index in [9.17, 15) is 0 Å². The zero-order chi connectivity index (χ0) is 76.0. The molecule has 3 spiro atoms. The number of rotatable bonds is 3. The van der Waals surface area contributed by atoms with Gasteiger partial charge >= 0.3 is 0 Å². The van der Waals surface area contributed by atoms with Gasteiger partial charge in [-0.2, -0.15) is 0 Å². The predicted molar refractivity (Wildman–Crippen MR) is 474 cm³/mol. The first-order chi connectivity index (χ1) is 56.4. The van der Waals surface area contributed by atoms with Crippen molar-refractivity contribution in [1.29, 1.82) is 0 Å². The van der Waals surface area contributed by atoms with Crippen LogP contribution >= 0.6 is 0 Å². The maximum absolute atomic E-state index is 2.42. The first-order valence-corrected chi connectivity index (χ1v) is 40.7. The summed E-state index contributed by atoms with van der Waals surface area (Å²) in [5, 5.41) is 0. The molecule has 0 bridgehead atoms. The zero-order valence-electron chi connectivity index (χ0n) is 64.3. The molecule has 542 valence electrons. The lowest BCUT2D eigenvalue weighted by Crippen LogP contribution is -2.36. The molecule has 1 heterocycles. The molecule has 1 saturated carbocycles. The van der Waals surface area contributed by atoms with Gasteiger partial charge in [0.2, 0.25) is 0 Å². The maximum atomic E-state index is 2.42. The molecule has 0 atom stereocenters. The van der Waals surface area contributed by atoms with Crippen molar-refractivity contribution in [3.63, 3.8) is 0 Å². The summed E-state index contributed by atoms with van der Waals surface area (Å²) in [5.74, 6) is 0. The highest BCUT2D eigenvalue weighted by Crippen LogP contribution is 2.66. The maximum Gasteiger partial charge on any atom is 0.0754 e. The molecule has 0 N–H and O–H groups in total. The molecule has 1 fully saturated rings. The molecule has 0 aromatic heterocycles. The molecule has 0 saturated heterocycles. The van der Waals surface area contributed by atoms with E-state index in [0.29, 0.717) is 5.41 Å². The van der Waals surface area contributed by atoms with Crippen molar-refractivity contribution in [3.05, 3.63) is 520 Å². The van der Waals surface area contributed by atoms with E-state index in [0.717, 1.165) is 0 Å².